The molecule has 0 bridgehead atoms. The number of likely N-dealkylation sites (tertiary alicyclic amines) is 1. The van der Waals surface area contributed by atoms with E-state index in [1.54, 1.807) is 0 Å². The van der Waals surface area contributed by atoms with E-state index in [1.165, 1.54) is 31.5 Å². The largest absolute Gasteiger partial charge is 0.339 e. The van der Waals surface area contributed by atoms with E-state index in [1.807, 2.05) is 26.0 Å². The fourth-order valence-electron chi connectivity index (χ4n) is 3.61. The summed E-state index contributed by atoms with van der Waals surface area (Å²) in [5.74, 6) is 2.38. The van der Waals surface area contributed by atoms with Crippen molar-refractivity contribution in [3.63, 3.8) is 0 Å². The molecule has 6 heteroatoms. The van der Waals surface area contributed by atoms with Crippen LogP contribution in [0.1, 0.15) is 69.7 Å². The summed E-state index contributed by atoms with van der Waals surface area (Å²) in [6, 6.07) is 8.21. The van der Waals surface area contributed by atoms with E-state index in [9.17, 15) is 4.79 Å². The van der Waals surface area contributed by atoms with Gasteiger partial charge in [0.25, 0.3) is 0 Å². The second-order valence-corrected chi connectivity index (χ2v) is 8.28. The van der Waals surface area contributed by atoms with Crippen molar-refractivity contribution >= 4 is 11.6 Å². The Morgan fingerprint density at radius 1 is 1.32 bits per heavy atom. The molecule has 0 spiro atoms. The summed E-state index contributed by atoms with van der Waals surface area (Å²) in [6.45, 7) is 9.73. The molecule has 0 unspecified atom stereocenters. The number of hydrogen-bond acceptors (Lipinski definition) is 5. The van der Waals surface area contributed by atoms with Crippen LogP contribution in [-0.2, 0) is 17.8 Å². The van der Waals surface area contributed by atoms with Gasteiger partial charge in [0.15, 0.2) is 5.82 Å². The molecule has 2 aromatic rings. The van der Waals surface area contributed by atoms with Crippen LogP contribution in [0.25, 0.3) is 0 Å². The zero-order valence-corrected chi connectivity index (χ0v) is 17.3. The molecule has 1 aliphatic heterocycles. The van der Waals surface area contributed by atoms with Crippen molar-refractivity contribution in [3.05, 3.63) is 41.5 Å². The van der Waals surface area contributed by atoms with Crippen LogP contribution in [0.2, 0.25) is 0 Å². The molecule has 28 heavy (non-hydrogen) atoms. The molecule has 6 nitrogen and oxygen atoms in total. The third-order valence-corrected chi connectivity index (χ3v) is 5.18. The number of amides is 1. The quantitative estimate of drug-likeness (QED) is 0.731. The molecule has 2 heterocycles. The predicted molar refractivity (Wildman–Crippen MR) is 110 cm³/mol. The van der Waals surface area contributed by atoms with E-state index >= 15 is 0 Å². The van der Waals surface area contributed by atoms with Crippen LogP contribution in [0, 0.1) is 5.92 Å². The highest BCUT2D eigenvalue weighted by Gasteiger charge is 2.16. The Hall–Kier alpha value is -2.21. The highest BCUT2D eigenvalue weighted by atomic mass is 16.5. The van der Waals surface area contributed by atoms with E-state index in [0.717, 1.165) is 24.0 Å². The first-order valence-electron chi connectivity index (χ1n) is 10.4. The Morgan fingerprint density at radius 3 is 2.79 bits per heavy atom. The molecule has 3 rings (SSSR count). The first kappa shape index (κ1) is 20.5. The van der Waals surface area contributed by atoms with Crippen molar-refractivity contribution < 1.29 is 9.32 Å². The van der Waals surface area contributed by atoms with Gasteiger partial charge in [0.05, 0.1) is 0 Å². The van der Waals surface area contributed by atoms with E-state index in [2.05, 4.69) is 39.4 Å². The average Bonchev–Trinajstić information content (AvgIpc) is 3.13. The minimum atomic E-state index is 0.0150. The van der Waals surface area contributed by atoms with Gasteiger partial charge < -0.3 is 9.84 Å². The molecule has 1 aromatic carbocycles. The molecule has 1 aromatic heterocycles. The topological polar surface area (TPSA) is 71.3 Å². The normalized spacial score (nSPS) is 17.8. The number of benzene rings is 1. The van der Waals surface area contributed by atoms with Crippen molar-refractivity contribution in [2.24, 2.45) is 5.92 Å². The molecular weight excluding hydrogens is 352 g/mol. The Balaban J connectivity index is 1.40. The molecule has 1 saturated heterocycles. The van der Waals surface area contributed by atoms with Crippen LogP contribution in [-0.4, -0.2) is 34.0 Å². The third kappa shape index (κ3) is 6.16. The van der Waals surface area contributed by atoms with Gasteiger partial charge in [-0.1, -0.05) is 38.1 Å². The van der Waals surface area contributed by atoms with E-state index in [-0.39, 0.29) is 11.8 Å². The number of carbonyl (C=O) groups is 1. The lowest BCUT2D eigenvalue weighted by molar-refractivity contribution is -0.116. The van der Waals surface area contributed by atoms with Crippen molar-refractivity contribution in [1.82, 2.24) is 15.0 Å². The lowest BCUT2D eigenvalue weighted by Gasteiger charge is -2.30. The second kappa shape index (κ2) is 9.82. The first-order chi connectivity index (χ1) is 13.5. The maximum Gasteiger partial charge on any atom is 0.226 e. The fraction of sp³-hybridized carbons (Fsp3) is 0.591. The zero-order valence-electron chi connectivity index (χ0n) is 17.3. The monoisotopic (exact) mass is 384 g/mol. The lowest BCUT2D eigenvalue weighted by Crippen LogP contribution is -2.33. The van der Waals surface area contributed by atoms with Gasteiger partial charge in [-0.25, -0.2) is 0 Å². The van der Waals surface area contributed by atoms with Gasteiger partial charge in [-0.3, -0.25) is 9.69 Å². The molecule has 1 fully saturated rings. The van der Waals surface area contributed by atoms with Gasteiger partial charge in [0.1, 0.15) is 0 Å². The summed E-state index contributed by atoms with van der Waals surface area (Å²) in [6.07, 6.45) is 4.38. The third-order valence-electron chi connectivity index (χ3n) is 5.18. The molecule has 1 aliphatic rings. The molecular formula is C22H32N4O2. The summed E-state index contributed by atoms with van der Waals surface area (Å²) < 4.78 is 5.21. The number of nitrogens with zero attached hydrogens (tertiary/aromatic N) is 3. The fourth-order valence-corrected chi connectivity index (χ4v) is 3.61. The summed E-state index contributed by atoms with van der Waals surface area (Å²) in [4.78, 5) is 19.0. The minimum absolute atomic E-state index is 0.0150. The van der Waals surface area contributed by atoms with Gasteiger partial charge in [0.2, 0.25) is 11.8 Å². The average molecular weight is 385 g/mol. The highest BCUT2D eigenvalue weighted by molar-refractivity contribution is 5.90. The number of aromatic nitrogens is 2. The van der Waals surface area contributed by atoms with Gasteiger partial charge in [-0.15, -0.1) is 0 Å². The van der Waals surface area contributed by atoms with E-state index in [4.69, 9.17) is 4.52 Å². The molecule has 0 saturated carbocycles. The standard InChI is InChI=1S/C22H32N4O2/c1-16(2)22-24-21(28-25-22)8-4-7-20(27)23-19-11-9-18(10-12-19)15-26-13-5-6-17(3)14-26/h9-12,16-17H,4-8,13-15H2,1-3H3,(H,23,27)/t17-/m1/s1. The van der Waals surface area contributed by atoms with Crippen LogP contribution in [0.15, 0.2) is 28.8 Å². The van der Waals surface area contributed by atoms with Crippen molar-refractivity contribution in [2.75, 3.05) is 18.4 Å². The van der Waals surface area contributed by atoms with Gasteiger partial charge in [-0.05, 0) is 49.4 Å². The van der Waals surface area contributed by atoms with Crippen LogP contribution < -0.4 is 5.32 Å². The van der Waals surface area contributed by atoms with Crippen LogP contribution in [0.4, 0.5) is 5.69 Å². The highest BCUT2D eigenvalue weighted by Crippen LogP contribution is 2.19. The van der Waals surface area contributed by atoms with Crippen molar-refractivity contribution in [2.45, 2.75) is 65.3 Å². The van der Waals surface area contributed by atoms with Gasteiger partial charge >= 0.3 is 0 Å². The molecule has 1 N–H and O–H groups in total. The molecule has 1 amide bonds. The van der Waals surface area contributed by atoms with Gasteiger partial charge in [0, 0.05) is 37.5 Å². The van der Waals surface area contributed by atoms with Crippen LogP contribution in [0.5, 0.6) is 0 Å². The Morgan fingerprint density at radius 2 is 2.11 bits per heavy atom. The Bertz CT molecular complexity index is 754. The number of carbonyl (C=O) groups excluding carboxylic acids is 1. The number of aryl methyl sites for hydroxylation is 1. The Labute approximate surface area is 167 Å². The van der Waals surface area contributed by atoms with Crippen molar-refractivity contribution in [3.8, 4) is 0 Å². The number of anilines is 1. The maximum atomic E-state index is 12.2. The summed E-state index contributed by atoms with van der Waals surface area (Å²) in [7, 11) is 0. The van der Waals surface area contributed by atoms with Crippen molar-refractivity contribution in [1.29, 1.82) is 0 Å². The van der Waals surface area contributed by atoms with Crippen LogP contribution >= 0.6 is 0 Å². The number of rotatable bonds is 8. The maximum absolute atomic E-state index is 12.2. The number of hydrogen-bond donors (Lipinski definition) is 1. The predicted octanol–water partition coefficient (Wildman–Crippen LogP) is 4.39. The summed E-state index contributed by atoms with van der Waals surface area (Å²) in [5.41, 5.74) is 2.14. The second-order valence-electron chi connectivity index (χ2n) is 8.28. The number of piperidine rings is 1. The molecule has 0 aliphatic carbocycles. The summed E-state index contributed by atoms with van der Waals surface area (Å²) in [5, 5.41) is 6.92. The SMILES string of the molecule is CC(C)c1noc(CCCC(=O)Nc2ccc(CN3CCC[C@@H](C)C3)cc2)n1. The summed E-state index contributed by atoms with van der Waals surface area (Å²) >= 11 is 0. The van der Waals surface area contributed by atoms with E-state index in [0.29, 0.717) is 25.2 Å². The molecule has 0 radical (unpaired) electrons. The first-order valence-corrected chi connectivity index (χ1v) is 10.4. The molecule has 1 atom stereocenters. The molecule has 152 valence electrons. The zero-order chi connectivity index (χ0) is 19.9. The lowest BCUT2D eigenvalue weighted by atomic mass is 10.00. The Kier molecular flexibility index (Phi) is 7.20. The number of nitrogens with one attached hydrogen (secondary N) is 1. The van der Waals surface area contributed by atoms with Gasteiger partial charge in [-0.2, -0.15) is 4.98 Å². The smallest absolute Gasteiger partial charge is 0.226 e. The minimum Gasteiger partial charge on any atom is -0.339 e. The van der Waals surface area contributed by atoms with E-state index < -0.39 is 0 Å². The van der Waals surface area contributed by atoms with Crippen LogP contribution in [0.3, 0.4) is 0 Å².